The van der Waals surface area contributed by atoms with E-state index in [2.05, 4.69) is 14.6 Å². The molecule has 12 heavy (non-hydrogen) atoms. The summed E-state index contributed by atoms with van der Waals surface area (Å²) in [4.78, 5) is 0. The number of rotatable bonds is 3. The van der Waals surface area contributed by atoms with Crippen LogP contribution in [0.25, 0.3) is 0 Å². The first-order chi connectivity index (χ1) is 5.59. The van der Waals surface area contributed by atoms with Gasteiger partial charge in [-0.15, -0.1) is 10.2 Å². The fourth-order valence-electron chi connectivity index (χ4n) is 0.786. The molecule has 0 bridgehead atoms. The highest BCUT2D eigenvalue weighted by molar-refractivity contribution is 4.83. The third kappa shape index (κ3) is 2.25. The number of nitrogens with zero attached hydrogens (tertiary/aromatic N) is 2. The van der Waals surface area contributed by atoms with E-state index >= 15 is 0 Å². The highest BCUT2D eigenvalue weighted by atomic mass is 19.3. The van der Waals surface area contributed by atoms with Crippen molar-refractivity contribution in [1.29, 1.82) is 0 Å². The van der Waals surface area contributed by atoms with Crippen LogP contribution in [0.1, 0.15) is 32.1 Å². The van der Waals surface area contributed by atoms with Gasteiger partial charge in [0.1, 0.15) is 0 Å². The van der Waals surface area contributed by atoms with Gasteiger partial charge in [-0.3, -0.25) is 0 Å². The standard InChI is InChI=1S/C7H10F2N2O/c1-4(2)3-5-10-11-7(12-5)6(8)9/h4,6H,3H2,1-2H3. The molecule has 68 valence electrons. The topological polar surface area (TPSA) is 38.9 Å². The van der Waals surface area contributed by atoms with Gasteiger partial charge in [-0.25, -0.2) is 0 Å². The van der Waals surface area contributed by atoms with E-state index in [4.69, 9.17) is 0 Å². The Morgan fingerprint density at radius 3 is 2.42 bits per heavy atom. The van der Waals surface area contributed by atoms with Crippen LogP contribution in [-0.2, 0) is 6.42 Å². The van der Waals surface area contributed by atoms with E-state index in [0.29, 0.717) is 12.3 Å². The quantitative estimate of drug-likeness (QED) is 0.708. The lowest BCUT2D eigenvalue weighted by atomic mass is 10.1. The SMILES string of the molecule is CC(C)Cc1nnc(C(F)F)o1. The molecule has 5 heteroatoms. The molecule has 1 aromatic rings. The van der Waals surface area contributed by atoms with E-state index in [0.717, 1.165) is 0 Å². The average Bonchev–Trinajstić information content (AvgIpc) is 2.34. The van der Waals surface area contributed by atoms with E-state index in [1.54, 1.807) is 0 Å². The highest BCUT2D eigenvalue weighted by Crippen LogP contribution is 2.17. The maximum atomic E-state index is 11.9. The average molecular weight is 176 g/mol. The van der Waals surface area contributed by atoms with Crippen molar-refractivity contribution < 1.29 is 13.2 Å². The van der Waals surface area contributed by atoms with Crippen LogP contribution < -0.4 is 0 Å². The van der Waals surface area contributed by atoms with Crippen molar-refractivity contribution in [3.63, 3.8) is 0 Å². The van der Waals surface area contributed by atoms with Crippen molar-refractivity contribution in [3.8, 4) is 0 Å². The van der Waals surface area contributed by atoms with Gasteiger partial charge in [0.25, 0.3) is 5.89 Å². The van der Waals surface area contributed by atoms with Gasteiger partial charge in [0, 0.05) is 6.42 Å². The van der Waals surface area contributed by atoms with Crippen LogP contribution in [0.5, 0.6) is 0 Å². The Labute approximate surface area is 68.8 Å². The number of halogens is 2. The van der Waals surface area contributed by atoms with Crippen LogP contribution >= 0.6 is 0 Å². The third-order valence-electron chi connectivity index (χ3n) is 1.25. The summed E-state index contributed by atoms with van der Waals surface area (Å²) >= 11 is 0. The monoisotopic (exact) mass is 176 g/mol. The minimum absolute atomic E-state index is 0.278. The molecule has 0 unspecified atom stereocenters. The maximum absolute atomic E-state index is 11.9. The fraction of sp³-hybridized carbons (Fsp3) is 0.714. The molecule has 0 amide bonds. The first-order valence-corrected chi connectivity index (χ1v) is 3.70. The molecule has 1 rings (SSSR count). The molecule has 1 heterocycles. The first kappa shape index (κ1) is 9.09. The molecule has 3 nitrogen and oxygen atoms in total. The second-order valence-electron chi connectivity index (χ2n) is 2.93. The lowest BCUT2D eigenvalue weighted by Crippen LogP contribution is -1.93. The van der Waals surface area contributed by atoms with E-state index in [9.17, 15) is 8.78 Å². The van der Waals surface area contributed by atoms with Gasteiger partial charge in [0.2, 0.25) is 5.89 Å². The predicted octanol–water partition coefficient (Wildman–Crippen LogP) is 2.21. The number of alkyl halides is 2. The van der Waals surface area contributed by atoms with Gasteiger partial charge in [-0.2, -0.15) is 8.78 Å². The van der Waals surface area contributed by atoms with Crippen LogP contribution in [0.2, 0.25) is 0 Å². The van der Waals surface area contributed by atoms with Crippen molar-refractivity contribution in [2.24, 2.45) is 5.92 Å². The fourth-order valence-corrected chi connectivity index (χ4v) is 0.786. The molecular weight excluding hydrogens is 166 g/mol. The molecule has 0 fully saturated rings. The maximum Gasteiger partial charge on any atom is 0.314 e. The van der Waals surface area contributed by atoms with E-state index in [1.807, 2.05) is 13.8 Å². The lowest BCUT2D eigenvalue weighted by molar-refractivity contribution is 0.113. The Bertz CT molecular complexity index is 247. The second-order valence-corrected chi connectivity index (χ2v) is 2.93. The van der Waals surface area contributed by atoms with Crippen molar-refractivity contribution in [2.75, 3.05) is 0 Å². The largest absolute Gasteiger partial charge is 0.420 e. The van der Waals surface area contributed by atoms with Gasteiger partial charge in [0.15, 0.2) is 0 Å². The Kier molecular flexibility index (Phi) is 2.73. The van der Waals surface area contributed by atoms with Gasteiger partial charge < -0.3 is 4.42 Å². The highest BCUT2D eigenvalue weighted by Gasteiger charge is 2.16. The molecule has 0 atom stereocenters. The molecule has 0 N–H and O–H groups in total. The molecule has 0 aliphatic carbocycles. The van der Waals surface area contributed by atoms with Crippen LogP contribution in [0.3, 0.4) is 0 Å². The summed E-state index contributed by atoms with van der Waals surface area (Å²) in [5.41, 5.74) is 0. The summed E-state index contributed by atoms with van der Waals surface area (Å²) in [6.45, 7) is 3.90. The van der Waals surface area contributed by atoms with E-state index < -0.39 is 12.3 Å². The molecule has 0 aliphatic rings. The smallest absolute Gasteiger partial charge is 0.314 e. The summed E-state index contributed by atoms with van der Waals surface area (Å²) < 4.78 is 28.5. The van der Waals surface area contributed by atoms with Crippen molar-refractivity contribution in [1.82, 2.24) is 10.2 Å². The zero-order chi connectivity index (χ0) is 9.14. The lowest BCUT2D eigenvalue weighted by Gasteiger charge is -1.96. The Balaban J connectivity index is 2.64. The Hall–Kier alpha value is -1.00. The van der Waals surface area contributed by atoms with Gasteiger partial charge >= 0.3 is 6.43 Å². The van der Waals surface area contributed by atoms with E-state index in [-0.39, 0.29) is 5.89 Å². The first-order valence-electron chi connectivity index (χ1n) is 3.70. The predicted molar refractivity (Wildman–Crippen MR) is 37.8 cm³/mol. The molecule has 0 radical (unpaired) electrons. The molecule has 1 aromatic heterocycles. The molecular formula is C7H10F2N2O. The summed E-state index contributed by atoms with van der Waals surface area (Å²) in [5, 5.41) is 6.68. The normalized spacial score (nSPS) is 11.5. The zero-order valence-electron chi connectivity index (χ0n) is 6.92. The van der Waals surface area contributed by atoms with Crippen LogP contribution in [-0.4, -0.2) is 10.2 Å². The van der Waals surface area contributed by atoms with Crippen LogP contribution in [0.15, 0.2) is 4.42 Å². The number of aromatic nitrogens is 2. The van der Waals surface area contributed by atoms with Crippen molar-refractivity contribution in [2.45, 2.75) is 26.7 Å². The van der Waals surface area contributed by atoms with Crippen LogP contribution in [0, 0.1) is 5.92 Å². The summed E-state index contributed by atoms with van der Waals surface area (Å²) in [5.74, 6) is 0.0157. The van der Waals surface area contributed by atoms with Gasteiger partial charge in [0.05, 0.1) is 0 Å². The summed E-state index contributed by atoms with van der Waals surface area (Å²) in [7, 11) is 0. The van der Waals surface area contributed by atoms with Gasteiger partial charge in [-0.1, -0.05) is 13.8 Å². The molecule has 0 saturated carbocycles. The van der Waals surface area contributed by atoms with Crippen molar-refractivity contribution in [3.05, 3.63) is 11.8 Å². The second kappa shape index (κ2) is 3.60. The third-order valence-corrected chi connectivity index (χ3v) is 1.25. The Morgan fingerprint density at radius 2 is 2.00 bits per heavy atom. The summed E-state index contributed by atoms with van der Waals surface area (Å²) in [6.07, 6.45) is -2.13. The van der Waals surface area contributed by atoms with Gasteiger partial charge in [-0.05, 0) is 5.92 Å². The number of hydrogen-bond acceptors (Lipinski definition) is 3. The molecule has 0 aliphatic heterocycles. The van der Waals surface area contributed by atoms with Crippen LogP contribution in [0.4, 0.5) is 8.78 Å². The zero-order valence-corrected chi connectivity index (χ0v) is 6.92. The Morgan fingerprint density at radius 1 is 1.33 bits per heavy atom. The molecule has 0 spiro atoms. The minimum Gasteiger partial charge on any atom is -0.420 e. The molecule has 0 saturated heterocycles. The summed E-state index contributed by atoms with van der Waals surface area (Å²) in [6, 6.07) is 0. The number of hydrogen-bond donors (Lipinski definition) is 0. The minimum atomic E-state index is -2.67. The van der Waals surface area contributed by atoms with E-state index in [1.165, 1.54) is 0 Å². The molecule has 0 aromatic carbocycles. The van der Waals surface area contributed by atoms with Crippen molar-refractivity contribution >= 4 is 0 Å².